The van der Waals surface area contributed by atoms with Crippen molar-refractivity contribution in [3.8, 4) is 0 Å². The molecule has 2 heterocycles. The lowest BCUT2D eigenvalue weighted by molar-refractivity contribution is 0.223. The van der Waals surface area contributed by atoms with Crippen molar-refractivity contribution in [1.29, 1.82) is 0 Å². The molecule has 0 spiro atoms. The molecule has 1 N–H and O–H groups in total. The molecule has 0 fully saturated rings. The first-order chi connectivity index (χ1) is 7.08. The standard InChI is InChI=1S/C11H11ClO2S/c1-6-3-9(15-11(6)12)10(13)8-4-7(2)14-5-8/h3-5,10,13H,1-2H3. The number of hydrogen-bond donors (Lipinski definition) is 1. The number of furan rings is 1. The second-order valence-corrected chi connectivity index (χ2v) is 5.18. The van der Waals surface area contributed by atoms with Gasteiger partial charge in [-0.2, -0.15) is 0 Å². The van der Waals surface area contributed by atoms with Crippen LogP contribution < -0.4 is 0 Å². The van der Waals surface area contributed by atoms with Gasteiger partial charge in [0.25, 0.3) is 0 Å². The molecule has 0 amide bonds. The minimum atomic E-state index is -0.640. The summed E-state index contributed by atoms with van der Waals surface area (Å²) in [6.45, 7) is 3.78. The van der Waals surface area contributed by atoms with Gasteiger partial charge in [0.05, 0.1) is 10.6 Å². The number of aliphatic hydroxyl groups is 1. The van der Waals surface area contributed by atoms with Gasteiger partial charge in [-0.25, -0.2) is 0 Å². The third kappa shape index (κ3) is 2.09. The smallest absolute Gasteiger partial charge is 0.116 e. The van der Waals surface area contributed by atoms with E-state index in [4.69, 9.17) is 16.0 Å². The fraction of sp³-hybridized carbons (Fsp3) is 0.273. The Morgan fingerprint density at radius 3 is 2.60 bits per heavy atom. The van der Waals surface area contributed by atoms with E-state index in [2.05, 4.69) is 0 Å². The molecule has 2 nitrogen and oxygen atoms in total. The Morgan fingerprint density at radius 2 is 2.13 bits per heavy atom. The van der Waals surface area contributed by atoms with Crippen molar-refractivity contribution in [2.24, 2.45) is 0 Å². The third-order valence-corrected chi connectivity index (χ3v) is 3.82. The van der Waals surface area contributed by atoms with E-state index in [1.54, 1.807) is 6.26 Å². The number of halogens is 1. The van der Waals surface area contributed by atoms with E-state index in [-0.39, 0.29) is 0 Å². The van der Waals surface area contributed by atoms with Gasteiger partial charge < -0.3 is 9.52 Å². The van der Waals surface area contributed by atoms with Crippen LogP contribution in [0.4, 0.5) is 0 Å². The quantitative estimate of drug-likeness (QED) is 0.871. The average molecular weight is 243 g/mol. The van der Waals surface area contributed by atoms with E-state index in [0.717, 1.165) is 26.1 Å². The molecule has 2 rings (SSSR count). The van der Waals surface area contributed by atoms with Gasteiger partial charge in [0, 0.05) is 10.4 Å². The number of thiophene rings is 1. The molecule has 0 saturated carbocycles. The monoisotopic (exact) mass is 242 g/mol. The minimum absolute atomic E-state index is 0.640. The van der Waals surface area contributed by atoms with Gasteiger partial charge in [0.15, 0.2) is 0 Å². The zero-order valence-electron chi connectivity index (χ0n) is 8.45. The highest BCUT2D eigenvalue weighted by atomic mass is 35.5. The lowest BCUT2D eigenvalue weighted by Crippen LogP contribution is -1.94. The van der Waals surface area contributed by atoms with Crippen molar-refractivity contribution >= 4 is 22.9 Å². The summed E-state index contributed by atoms with van der Waals surface area (Å²) in [7, 11) is 0. The Balaban J connectivity index is 2.31. The first-order valence-electron chi connectivity index (χ1n) is 4.57. The van der Waals surface area contributed by atoms with Crippen LogP contribution in [-0.4, -0.2) is 5.11 Å². The van der Waals surface area contributed by atoms with E-state index < -0.39 is 6.10 Å². The van der Waals surface area contributed by atoms with Crippen molar-refractivity contribution in [2.45, 2.75) is 20.0 Å². The van der Waals surface area contributed by atoms with E-state index in [1.807, 2.05) is 26.0 Å². The van der Waals surface area contributed by atoms with Crippen LogP contribution in [0.25, 0.3) is 0 Å². The average Bonchev–Trinajstić information content (AvgIpc) is 2.74. The van der Waals surface area contributed by atoms with E-state index in [1.165, 1.54) is 11.3 Å². The lowest BCUT2D eigenvalue weighted by Gasteiger charge is -2.03. The predicted molar refractivity (Wildman–Crippen MR) is 61.6 cm³/mol. The fourth-order valence-corrected chi connectivity index (χ4v) is 2.62. The Hall–Kier alpha value is -0.770. The highest BCUT2D eigenvalue weighted by Gasteiger charge is 2.16. The molecule has 4 heteroatoms. The topological polar surface area (TPSA) is 33.4 Å². The zero-order chi connectivity index (χ0) is 11.0. The molecule has 0 aliphatic carbocycles. The van der Waals surface area contributed by atoms with E-state index in [9.17, 15) is 5.11 Å². The number of aryl methyl sites for hydroxylation is 2. The molecule has 80 valence electrons. The van der Waals surface area contributed by atoms with Crippen LogP contribution >= 0.6 is 22.9 Å². The minimum Gasteiger partial charge on any atom is -0.469 e. The van der Waals surface area contributed by atoms with Gasteiger partial charge in [-0.15, -0.1) is 11.3 Å². The van der Waals surface area contributed by atoms with Crippen molar-refractivity contribution in [1.82, 2.24) is 0 Å². The number of hydrogen-bond acceptors (Lipinski definition) is 3. The highest BCUT2D eigenvalue weighted by Crippen LogP contribution is 2.34. The van der Waals surface area contributed by atoms with Gasteiger partial charge in [0.1, 0.15) is 11.9 Å². The molecule has 15 heavy (non-hydrogen) atoms. The Labute approximate surface area is 97.1 Å². The molecular weight excluding hydrogens is 232 g/mol. The van der Waals surface area contributed by atoms with Gasteiger partial charge in [-0.1, -0.05) is 11.6 Å². The molecule has 1 atom stereocenters. The van der Waals surface area contributed by atoms with Crippen LogP contribution in [0.5, 0.6) is 0 Å². The summed E-state index contributed by atoms with van der Waals surface area (Å²) in [5, 5.41) is 10.0. The summed E-state index contributed by atoms with van der Waals surface area (Å²) >= 11 is 7.35. The molecule has 0 aliphatic rings. The Bertz CT molecular complexity index is 453. The summed E-state index contributed by atoms with van der Waals surface area (Å²) in [6.07, 6.45) is 0.932. The molecule has 0 aliphatic heterocycles. The van der Waals surface area contributed by atoms with E-state index in [0.29, 0.717) is 0 Å². The molecular formula is C11H11ClO2S. The molecule has 0 radical (unpaired) electrons. The SMILES string of the molecule is Cc1cc(C(O)c2cc(C)c(Cl)s2)co1. The lowest BCUT2D eigenvalue weighted by atomic mass is 10.1. The van der Waals surface area contributed by atoms with E-state index >= 15 is 0 Å². The van der Waals surface area contributed by atoms with Gasteiger partial charge >= 0.3 is 0 Å². The van der Waals surface area contributed by atoms with Crippen LogP contribution in [0.2, 0.25) is 4.34 Å². The molecule has 0 aromatic carbocycles. The summed E-state index contributed by atoms with van der Waals surface area (Å²) < 4.78 is 5.88. The fourth-order valence-electron chi connectivity index (χ4n) is 1.39. The third-order valence-electron chi connectivity index (χ3n) is 2.21. The van der Waals surface area contributed by atoms with Crippen LogP contribution in [0, 0.1) is 13.8 Å². The second kappa shape index (κ2) is 4.00. The summed E-state index contributed by atoms with van der Waals surface area (Å²) in [5.41, 5.74) is 1.77. The maximum Gasteiger partial charge on any atom is 0.116 e. The number of rotatable bonds is 2. The highest BCUT2D eigenvalue weighted by molar-refractivity contribution is 7.16. The van der Waals surface area contributed by atoms with Crippen LogP contribution in [0.15, 0.2) is 22.8 Å². The summed E-state index contributed by atoms with van der Waals surface area (Å²) in [6, 6.07) is 3.73. The first kappa shape index (κ1) is 10.7. The Kier molecular flexibility index (Phi) is 2.87. The maximum absolute atomic E-state index is 10.0. The maximum atomic E-state index is 10.0. The van der Waals surface area contributed by atoms with Crippen LogP contribution in [0.3, 0.4) is 0 Å². The normalized spacial score (nSPS) is 13.1. The van der Waals surface area contributed by atoms with Crippen molar-refractivity contribution in [3.05, 3.63) is 44.5 Å². The van der Waals surface area contributed by atoms with Crippen LogP contribution in [0.1, 0.15) is 27.9 Å². The molecule has 1 unspecified atom stereocenters. The van der Waals surface area contributed by atoms with Crippen molar-refractivity contribution < 1.29 is 9.52 Å². The zero-order valence-corrected chi connectivity index (χ0v) is 10.0. The van der Waals surface area contributed by atoms with Crippen molar-refractivity contribution in [2.75, 3.05) is 0 Å². The summed E-state index contributed by atoms with van der Waals surface area (Å²) in [4.78, 5) is 0.846. The predicted octanol–water partition coefficient (Wildman–Crippen LogP) is 3.69. The molecule has 0 saturated heterocycles. The van der Waals surface area contributed by atoms with Gasteiger partial charge in [0.2, 0.25) is 0 Å². The van der Waals surface area contributed by atoms with Gasteiger partial charge in [-0.3, -0.25) is 0 Å². The Morgan fingerprint density at radius 1 is 1.40 bits per heavy atom. The summed E-state index contributed by atoms with van der Waals surface area (Å²) in [5.74, 6) is 0.795. The largest absolute Gasteiger partial charge is 0.469 e. The first-order valence-corrected chi connectivity index (χ1v) is 5.76. The molecule has 2 aromatic heterocycles. The molecule has 2 aromatic rings. The van der Waals surface area contributed by atoms with Crippen LogP contribution in [-0.2, 0) is 0 Å². The molecule has 0 bridgehead atoms. The number of aliphatic hydroxyl groups excluding tert-OH is 1. The second-order valence-electron chi connectivity index (χ2n) is 3.50. The van der Waals surface area contributed by atoms with Gasteiger partial charge in [-0.05, 0) is 31.5 Å². The van der Waals surface area contributed by atoms with Crippen molar-refractivity contribution in [3.63, 3.8) is 0 Å².